The van der Waals surface area contributed by atoms with Gasteiger partial charge in [-0.1, -0.05) is 0 Å². The number of morpholine rings is 1. The highest BCUT2D eigenvalue weighted by Crippen LogP contribution is 2.26. The number of amides is 1. The Hall–Kier alpha value is -2.61. The minimum Gasteiger partial charge on any atom is -0.378 e. The maximum atomic E-state index is 13.7. The van der Waals surface area contributed by atoms with E-state index in [1.165, 1.54) is 0 Å². The highest BCUT2D eigenvalue weighted by molar-refractivity contribution is 5.79. The number of nitrogens with zero attached hydrogens (tertiary/aromatic N) is 3. The predicted molar refractivity (Wildman–Crippen MR) is 98.8 cm³/mol. The number of nitrogens with one attached hydrogen (secondary N) is 1. The number of carbonyl (C=O) groups excluding carboxylic acids is 1. The van der Waals surface area contributed by atoms with Gasteiger partial charge in [0, 0.05) is 43.0 Å². The molecule has 0 radical (unpaired) electrons. The van der Waals surface area contributed by atoms with Gasteiger partial charge in [0.05, 0.1) is 13.2 Å². The first-order chi connectivity index (χ1) is 13.6. The normalized spacial score (nSPS) is 19.2. The first-order valence-corrected chi connectivity index (χ1v) is 9.49. The van der Waals surface area contributed by atoms with E-state index in [0.717, 1.165) is 42.5 Å². The van der Waals surface area contributed by atoms with Crippen molar-refractivity contribution >= 4 is 11.9 Å². The maximum Gasteiger partial charge on any atom is 0.225 e. The first-order valence-electron chi connectivity index (χ1n) is 9.49. The predicted octanol–water partition coefficient (Wildman–Crippen LogP) is 2.01. The highest BCUT2D eigenvalue weighted by atomic mass is 19.1. The summed E-state index contributed by atoms with van der Waals surface area (Å²) in [5.74, 6) is -0.717. The molecule has 0 unspecified atom stereocenters. The van der Waals surface area contributed by atoms with E-state index in [-0.39, 0.29) is 23.9 Å². The average Bonchev–Trinajstić information content (AvgIpc) is 2.74. The molecule has 6 nitrogen and oxygen atoms in total. The van der Waals surface area contributed by atoms with Gasteiger partial charge in [0.2, 0.25) is 11.9 Å². The summed E-state index contributed by atoms with van der Waals surface area (Å²) in [7, 11) is 0. The molecule has 1 aliphatic heterocycles. The molecule has 28 heavy (non-hydrogen) atoms. The fraction of sp³-hybridized carbons (Fsp3) is 0.450. The SMILES string of the molecule is O=C(NCc1cc(F)ccc1F)[C@H]1CCc2nc(N3CCOCC3)ncc2C1. The summed E-state index contributed by atoms with van der Waals surface area (Å²) < 4.78 is 32.3. The molecular formula is C20H22F2N4O2. The molecule has 1 atom stereocenters. The van der Waals surface area contributed by atoms with Crippen LogP contribution in [0.4, 0.5) is 14.7 Å². The van der Waals surface area contributed by atoms with Crippen molar-refractivity contribution in [3.63, 3.8) is 0 Å². The lowest BCUT2D eigenvalue weighted by atomic mass is 9.86. The molecule has 0 bridgehead atoms. The molecule has 8 heteroatoms. The van der Waals surface area contributed by atoms with E-state index in [1.807, 2.05) is 0 Å². The van der Waals surface area contributed by atoms with Crippen molar-refractivity contribution in [2.24, 2.45) is 5.92 Å². The minimum atomic E-state index is -0.528. The van der Waals surface area contributed by atoms with Crippen LogP contribution in [-0.2, 0) is 28.9 Å². The van der Waals surface area contributed by atoms with Crippen LogP contribution in [0.1, 0.15) is 23.2 Å². The number of aromatic nitrogens is 2. The summed E-state index contributed by atoms with van der Waals surface area (Å²) in [5.41, 5.74) is 2.10. The molecule has 1 fully saturated rings. The molecule has 1 aliphatic carbocycles. The van der Waals surface area contributed by atoms with Crippen LogP contribution in [0.15, 0.2) is 24.4 Å². The third-order valence-corrected chi connectivity index (χ3v) is 5.26. The van der Waals surface area contributed by atoms with Crippen LogP contribution in [-0.4, -0.2) is 42.2 Å². The standard InChI is InChI=1S/C20H22F2N4O2/c21-16-2-3-17(22)14(10-16)11-23-19(27)13-1-4-18-15(9-13)12-24-20(25-18)26-5-7-28-8-6-26/h2-3,10,12-13H,1,4-9,11H2,(H,23,27)/t13-/m0/s1. The lowest BCUT2D eigenvalue weighted by molar-refractivity contribution is -0.125. The van der Waals surface area contributed by atoms with Crippen LogP contribution in [0.25, 0.3) is 0 Å². The van der Waals surface area contributed by atoms with Gasteiger partial charge in [0.1, 0.15) is 11.6 Å². The highest BCUT2D eigenvalue weighted by Gasteiger charge is 2.27. The van der Waals surface area contributed by atoms with Gasteiger partial charge < -0.3 is 15.0 Å². The van der Waals surface area contributed by atoms with Gasteiger partial charge in [-0.05, 0) is 43.0 Å². The summed E-state index contributed by atoms with van der Waals surface area (Å²) in [6.45, 7) is 2.88. The van der Waals surface area contributed by atoms with Crippen LogP contribution < -0.4 is 10.2 Å². The van der Waals surface area contributed by atoms with Gasteiger partial charge in [0.25, 0.3) is 0 Å². The Morgan fingerprint density at radius 3 is 2.93 bits per heavy atom. The van der Waals surface area contributed by atoms with Gasteiger partial charge in [0.15, 0.2) is 0 Å². The van der Waals surface area contributed by atoms with Gasteiger partial charge in [-0.3, -0.25) is 4.79 Å². The Labute approximate surface area is 161 Å². The molecule has 4 rings (SSSR count). The van der Waals surface area contributed by atoms with E-state index < -0.39 is 11.6 Å². The van der Waals surface area contributed by atoms with E-state index >= 15 is 0 Å². The number of hydrogen-bond acceptors (Lipinski definition) is 5. The van der Waals surface area contributed by atoms with Crippen molar-refractivity contribution in [3.05, 3.63) is 52.9 Å². The van der Waals surface area contributed by atoms with E-state index in [2.05, 4.69) is 20.2 Å². The molecule has 1 aromatic carbocycles. The summed E-state index contributed by atoms with van der Waals surface area (Å²) in [6, 6.07) is 3.23. The Morgan fingerprint density at radius 2 is 2.11 bits per heavy atom. The smallest absolute Gasteiger partial charge is 0.225 e. The van der Waals surface area contributed by atoms with Crippen LogP contribution in [0, 0.1) is 17.6 Å². The number of rotatable bonds is 4. The number of hydrogen-bond donors (Lipinski definition) is 1. The number of anilines is 1. The van der Waals surface area contributed by atoms with Crippen LogP contribution >= 0.6 is 0 Å². The monoisotopic (exact) mass is 388 g/mol. The molecule has 148 valence electrons. The van der Waals surface area contributed by atoms with E-state index in [9.17, 15) is 13.6 Å². The van der Waals surface area contributed by atoms with Gasteiger partial charge in [-0.15, -0.1) is 0 Å². The third kappa shape index (κ3) is 4.11. The Kier molecular flexibility index (Phi) is 5.47. The van der Waals surface area contributed by atoms with E-state index in [4.69, 9.17) is 4.74 Å². The van der Waals surface area contributed by atoms with Crippen molar-refractivity contribution in [1.82, 2.24) is 15.3 Å². The second-order valence-electron chi connectivity index (χ2n) is 7.13. The molecule has 1 N–H and O–H groups in total. The summed E-state index contributed by atoms with van der Waals surface area (Å²) in [5, 5.41) is 2.72. The lowest BCUT2D eigenvalue weighted by Gasteiger charge is -2.28. The summed E-state index contributed by atoms with van der Waals surface area (Å²) >= 11 is 0. The van der Waals surface area contributed by atoms with Crippen LogP contribution in [0.2, 0.25) is 0 Å². The Morgan fingerprint density at radius 1 is 1.29 bits per heavy atom. The van der Waals surface area contributed by atoms with Crippen molar-refractivity contribution in [2.45, 2.75) is 25.8 Å². The van der Waals surface area contributed by atoms with Crippen LogP contribution in [0.5, 0.6) is 0 Å². The zero-order valence-corrected chi connectivity index (χ0v) is 15.5. The molecule has 1 aromatic heterocycles. The van der Waals surface area contributed by atoms with Gasteiger partial charge in [-0.2, -0.15) is 0 Å². The Balaban J connectivity index is 1.38. The van der Waals surface area contributed by atoms with Crippen molar-refractivity contribution < 1.29 is 18.3 Å². The number of ether oxygens (including phenoxy) is 1. The molecule has 2 heterocycles. The Bertz CT molecular complexity index is 871. The zero-order valence-electron chi connectivity index (χ0n) is 15.5. The van der Waals surface area contributed by atoms with Crippen molar-refractivity contribution in [2.75, 3.05) is 31.2 Å². The fourth-order valence-electron chi connectivity index (χ4n) is 3.64. The fourth-order valence-corrected chi connectivity index (χ4v) is 3.64. The van der Waals surface area contributed by atoms with Crippen molar-refractivity contribution in [1.29, 1.82) is 0 Å². The quantitative estimate of drug-likeness (QED) is 0.868. The zero-order chi connectivity index (χ0) is 19.5. The van der Waals surface area contributed by atoms with Crippen LogP contribution in [0.3, 0.4) is 0 Å². The van der Waals surface area contributed by atoms with E-state index in [0.29, 0.717) is 38.4 Å². The summed E-state index contributed by atoms with van der Waals surface area (Å²) in [4.78, 5) is 23.8. The number of aryl methyl sites for hydroxylation is 1. The number of benzene rings is 1. The topological polar surface area (TPSA) is 67.4 Å². The van der Waals surface area contributed by atoms with Crippen molar-refractivity contribution in [3.8, 4) is 0 Å². The number of fused-ring (bicyclic) bond motifs is 1. The summed E-state index contributed by atoms with van der Waals surface area (Å²) in [6.07, 6.45) is 3.72. The molecule has 1 saturated heterocycles. The largest absolute Gasteiger partial charge is 0.378 e. The number of carbonyl (C=O) groups is 1. The van der Waals surface area contributed by atoms with Gasteiger partial charge in [-0.25, -0.2) is 18.7 Å². The van der Waals surface area contributed by atoms with E-state index in [1.54, 1.807) is 6.20 Å². The molecule has 2 aromatic rings. The third-order valence-electron chi connectivity index (χ3n) is 5.26. The molecule has 0 spiro atoms. The molecule has 0 saturated carbocycles. The molecular weight excluding hydrogens is 366 g/mol. The first kappa shape index (κ1) is 18.7. The molecule has 2 aliphatic rings. The second kappa shape index (κ2) is 8.18. The minimum absolute atomic E-state index is 0.0295. The lowest BCUT2D eigenvalue weighted by Crippen LogP contribution is -2.38. The molecule has 1 amide bonds. The second-order valence-corrected chi connectivity index (χ2v) is 7.13. The average molecular weight is 388 g/mol. The van der Waals surface area contributed by atoms with Gasteiger partial charge >= 0.3 is 0 Å². The maximum absolute atomic E-state index is 13.7. The number of halogens is 2.